The lowest BCUT2D eigenvalue weighted by molar-refractivity contribution is 0.215. The van der Waals surface area contributed by atoms with Gasteiger partial charge < -0.3 is 0 Å². The Bertz CT molecular complexity index is 807. The van der Waals surface area contributed by atoms with Crippen LogP contribution in [0.1, 0.15) is 18.5 Å². The number of rotatable bonds is 4. The molecule has 114 valence electrons. The summed E-state index contributed by atoms with van der Waals surface area (Å²) in [6.07, 6.45) is 8.06. The van der Waals surface area contributed by atoms with Crippen LogP contribution >= 0.6 is 11.3 Å². The number of imidazole rings is 1. The van der Waals surface area contributed by atoms with Gasteiger partial charge in [-0.25, -0.2) is 9.67 Å². The highest BCUT2D eigenvalue weighted by atomic mass is 32.1. The van der Waals surface area contributed by atoms with Crippen molar-refractivity contribution in [2.45, 2.75) is 32.0 Å². The predicted molar refractivity (Wildman–Crippen MR) is 85.0 cm³/mol. The quantitative estimate of drug-likeness (QED) is 0.734. The van der Waals surface area contributed by atoms with Crippen LogP contribution in [0.15, 0.2) is 40.9 Å². The van der Waals surface area contributed by atoms with Crippen molar-refractivity contribution >= 4 is 16.3 Å². The van der Waals surface area contributed by atoms with E-state index in [1.54, 1.807) is 34.3 Å². The summed E-state index contributed by atoms with van der Waals surface area (Å²) >= 11 is 1.65. The van der Waals surface area contributed by atoms with Crippen molar-refractivity contribution in [3.63, 3.8) is 0 Å². The summed E-state index contributed by atoms with van der Waals surface area (Å²) in [4.78, 5) is 19.9. The summed E-state index contributed by atoms with van der Waals surface area (Å²) in [6.45, 7) is 2.54. The number of thiazole rings is 1. The molecule has 1 unspecified atom stereocenters. The van der Waals surface area contributed by atoms with Gasteiger partial charge in [0.1, 0.15) is 0 Å². The lowest BCUT2D eigenvalue weighted by atomic mass is 10.2. The Morgan fingerprint density at radius 3 is 3.23 bits per heavy atom. The van der Waals surface area contributed by atoms with Gasteiger partial charge in [-0.15, -0.1) is 11.3 Å². The van der Waals surface area contributed by atoms with Crippen LogP contribution in [0.4, 0.5) is 0 Å². The highest BCUT2D eigenvalue weighted by molar-refractivity contribution is 7.15. The highest BCUT2D eigenvalue weighted by Crippen LogP contribution is 2.21. The van der Waals surface area contributed by atoms with Crippen LogP contribution in [0.5, 0.6) is 0 Å². The minimum absolute atomic E-state index is 0.0307. The van der Waals surface area contributed by atoms with Crippen molar-refractivity contribution in [3.05, 3.63) is 52.2 Å². The fourth-order valence-corrected chi connectivity index (χ4v) is 3.81. The third-order valence-electron chi connectivity index (χ3n) is 4.18. The van der Waals surface area contributed by atoms with Crippen molar-refractivity contribution in [1.82, 2.24) is 24.1 Å². The van der Waals surface area contributed by atoms with Crippen LogP contribution in [0.2, 0.25) is 0 Å². The van der Waals surface area contributed by atoms with Crippen LogP contribution < -0.4 is 5.56 Å². The summed E-state index contributed by atoms with van der Waals surface area (Å²) in [7, 11) is 0. The molecular formula is C15H17N5OS. The smallest absolute Gasteiger partial charge is 0.266 e. The Morgan fingerprint density at radius 2 is 2.36 bits per heavy atom. The average molecular weight is 315 g/mol. The summed E-state index contributed by atoms with van der Waals surface area (Å²) < 4.78 is 3.63. The molecule has 0 N–H and O–H groups in total. The standard InChI is InChI=1S/C15H17N5OS/c21-14-4-1-5-16-20(14)11-13-3-2-6-18(13)9-12-10-19-7-8-22-15(19)17-12/h1,4-5,7-8,10,13H,2-3,6,9,11H2. The molecule has 4 rings (SSSR count). The van der Waals surface area contributed by atoms with E-state index in [1.165, 1.54) is 0 Å². The molecule has 6 nitrogen and oxygen atoms in total. The number of aromatic nitrogens is 4. The van der Waals surface area contributed by atoms with Crippen LogP contribution in [-0.4, -0.2) is 36.7 Å². The maximum atomic E-state index is 11.8. The summed E-state index contributed by atoms with van der Waals surface area (Å²) in [5.74, 6) is 0. The third-order valence-corrected chi connectivity index (χ3v) is 4.95. The van der Waals surface area contributed by atoms with E-state index >= 15 is 0 Å². The second-order valence-corrected chi connectivity index (χ2v) is 6.51. The van der Waals surface area contributed by atoms with Gasteiger partial charge in [-0.3, -0.25) is 14.1 Å². The Balaban J connectivity index is 1.50. The maximum absolute atomic E-state index is 11.8. The molecule has 0 bridgehead atoms. The summed E-state index contributed by atoms with van der Waals surface area (Å²) in [6, 6.07) is 3.60. The Kier molecular flexibility index (Phi) is 3.51. The Hall–Kier alpha value is -1.99. The molecule has 0 amide bonds. The molecule has 3 aromatic heterocycles. The zero-order chi connectivity index (χ0) is 14.9. The van der Waals surface area contributed by atoms with E-state index in [9.17, 15) is 4.79 Å². The first-order valence-electron chi connectivity index (χ1n) is 7.47. The largest absolute Gasteiger partial charge is 0.297 e. The second-order valence-electron chi connectivity index (χ2n) is 5.64. The molecule has 1 aliphatic rings. The SMILES string of the molecule is O=c1cccnn1CC1CCCN1Cc1cn2ccsc2n1. The van der Waals surface area contributed by atoms with E-state index in [4.69, 9.17) is 0 Å². The van der Waals surface area contributed by atoms with Gasteiger partial charge in [-0.05, 0) is 25.5 Å². The predicted octanol–water partition coefficient (Wildman–Crippen LogP) is 1.62. The first-order valence-corrected chi connectivity index (χ1v) is 8.35. The van der Waals surface area contributed by atoms with Crippen molar-refractivity contribution in [2.24, 2.45) is 0 Å². The Labute approximate surface area is 131 Å². The average Bonchev–Trinajstić information content (AvgIpc) is 3.19. The van der Waals surface area contributed by atoms with Crippen molar-refractivity contribution < 1.29 is 0 Å². The van der Waals surface area contributed by atoms with Crippen LogP contribution in [0.3, 0.4) is 0 Å². The minimum Gasteiger partial charge on any atom is -0.297 e. The van der Waals surface area contributed by atoms with Gasteiger partial charge in [0.05, 0.1) is 12.2 Å². The number of nitrogens with zero attached hydrogens (tertiary/aromatic N) is 5. The van der Waals surface area contributed by atoms with E-state index in [0.717, 1.165) is 36.6 Å². The first kappa shape index (κ1) is 13.7. The van der Waals surface area contributed by atoms with Crippen molar-refractivity contribution in [3.8, 4) is 0 Å². The van der Waals surface area contributed by atoms with E-state index in [1.807, 2.05) is 11.6 Å². The highest BCUT2D eigenvalue weighted by Gasteiger charge is 2.26. The van der Waals surface area contributed by atoms with Gasteiger partial charge in [0.15, 0.2) is 4.96 Å². The molecule has 3 aromatic rings. The van der Waals surface area contributed by atoms with E-state index in [2.05, 4.69) is 25.6 Å². The zero-order valence-corrected chi connectivity index (χ0v) is 12.9. The van der Waals surface area contributed by atoms with Gasteiger partial charge in [0.2, 0.25) is 0 Å². The van der Waals surface area contributed by atoms with Crippen LogP contribution in [0.25, 0.3) is 4.96 Å². The van der Waals surface area contributed by atoms with Gasteiger partial charge in [-0.2, -0.15) is 5.10 Å². The summed E-state index contributed by atoms with van der Waals surface area (Å²) in [5, 5.41) is 6.21. The van der Waals surface area contributed by atoms with Crippen LogP contribution in [-0.2, 0) is 13.1 Å². The molecular weight excluding hydrogens is 298 g/mol. The molecule has 0 saturated carbocycles. The zero-order valence-electron chi connectivity index (χ0n) is 12.1. The lowest BCUT2D eigenvalue weighted by Crippen LogP contribution is -2.36. The minimum atomic E-state index is -0.0307. The third kappa shape index (κ3) is 2.57. The molecule has 22 heavy (non-hydrogen) atoms. The normalized spacial score (nSPS) is 19.2. The number of fused-ring (bicyclic) bond motifs is 1. The molecule has 0 aromatic carbocycles. The molecule has 0 aliphatic carbocycles. The van der Waals surface area contributed by atoms with E-state index in [-0.39, 0.29) is 5.56 Å². The van der Waals surface area contributed by atoms with Gasteiger partial charge >= 0.3 is 0 Å². The van der Waals surface area contributed by atoms with Crippen molar-refractivity contribution in [1.29, 1.82) is 0 Å². The fraction of sp³-hybridized carbons (Fsp3) is 0.400. The lowest BCUT2D eigenvalue weighted by Gasteiger charge is -2.23. The second kappa shape index (κ2) is 5.66. The molecule has 0 radical (unpaired) electrons. The van der Waals surface area contributed by atoms with Gasteiger partial charge in [0.25, 0.3) is 5.56 Å². The first-order chi connectivity index (χ1) is 10.8. The van der Waals surface area contributed by atoms with Crippen molar-refractivity contribution in [2.75, 3.05) is 6.54 Å². The van der Waals surface area contributed by atoms with Gasteiger partial charge in [-0.1, -0.05) is 0 Å². The summed E-state index contributed by atoms with van der Waals surface area (Å²) in [5.41, 5.74) is 1.06. The molecule has 4 heterocycles. The number of hydrogen-bond acceptors (Lipinski definition) is 5. The van der Waals surface area contributed by atoms with Gasteiger partial charge in [0, 0.05) is 42.6 Å². The van der Waals surface area contributed by atoms with E-state index < -0.39 is 0 Å². The fourth-order valence-electron chi connectivity index (χ4n) is 3.09. The molecule has 0 spiro atoms. The molecule has 1 saturated heterocycles. The molecule has 1 fully saturated rings. The molecule has 7 heteroatoms. The maximum Gasteiger partial charge on any atom is 0.266 e. The Morgan fingerprint density at radius 1 is 1.41 bits per heavy atom. The monoisotopic (exact) mass is 315 g/mol. The molecule has 1 aliphatic heterocycles. The molecule has 1 atom stereocenters. The number of hydrogen-bond donors (Lipinski definition) is 0. The van der Waals surface area contributed by atoms with Crippen LogP contribution in [0, 0.1) is 0 Å². The van der Waals surface area contributed by atoms with E-state index in [0.29, 0.717) is 12.6 Å². The number of likely N-dealkylation sites (tertiary alicyclic amines) is 1. The topological polar surface area (TPSA) is 55.4 Å².